The monoisotopic (exact) mass is 284 g/mol. The summed E-state index contributed by atoms with van der Waals surface area (Å²) in [6.45, 7) is 8.04. The van der Waals surface area contributed by atoms with Crippen LogP contribution in [0.1, 0.15) is 46.8 Å². The molecule has 2 rings (SSSR count). The number of carboxylic acids is 1. The molecule has 2 aromatic carbocycles. The Morgan fingerprint density at radius 2 is 1.76 bits per heavy atom. The summed E-state index contributed by atoms with van der Waals surface area (Å²) in [7, 11) is 0. The minimum absolute atomic E-state index is 0.185. The molecule has 0 bridgehead atoms. The molecule has 0 saturated carbocycles. The van der Waals surface area contributed by atoms with Gasteiger partial charge in [0.05, 0.1) is 0 Å². The van der Waals surface area contributed by atoms with Crippen molar-refractivity contribution in [2.24, 2.45) is 0 Å². The lowest BCUT2D eigenvalue weighted by atomic mass is 10.0. The fourth-order valence-electron chi connectivity index (χ4n) is 2.10. The number of hydrogen-bond donors (Lipinski definition) is 1. The number of benzene rings is 2. The van der Waals surface area contributed by atoms with Gasteiger partial charge in [-0.25, -0.2) is 4.79 Å². The Morgan fingerprint density at radius 1 is 1.05 bits per heavy atom. The first-order valence-electron chi connectivity index (χ1n) is 7.01. The summed E-state index contributed by atoms with van der Waals surface area (Å²) in [5.41, 5.74) is 3.23. The number of carbonyl (C=O) groups is 1. The molecule has 1 N–H and O–H groups in total. The van der Waals surface area contributed by atoms with E-state index < -0.39 is 5.97 Å². The van der Waals surface area contributed by atoms with Crippen molar-refractivity contribution in [3.63, 3.8) is 0 Å². The second-order valence-electron chi connectivity index (χ2n) is 5.59. The Kier molecular flexibility index (Phi) is 4.32. The molecule has 0 aliphatic carbocycles. The molecule has 3 heteroatoms. The normalized spacial score (nSPS) is 10.7. The van der Waals surface area contributed by atoms with Gasteiger partial charge in [-0.15, -0.1) is 0 Å². The molecular weight excluding hydrogens is 264 g/mol. The highest BCUT2D eigenvalue weighted by atomic mass is 16.5. The highest BCUT2D eigenvalue weighted by Gasteiger charge is 2.14. The van der Waals surface area contributed by atoms with E-state index in [1.54, 1.807) is 12.1 Å². The van der Waals surface area contributed by atoms with Crippen molar-refractivity contribution >= 4 is 5.97 Å². The van der Waals surface area contributed by atoms with Crippen LogP contribution in [0.5, 0.6) is 11.5 Å². The van der Waals surface area contributed by atoms with Gasteiger partial charge in [-0.3, -0.25) is 0 Å². The molecule has 0 aromatic heterocycles. The summed E-state index contributed by atoms with van der Waals surface area (Å²) < 4.78 is 5.87. The van der Waals surface area contributed by atoms with Crippen LogP contribution in [0.3, 0.4) is 0 Å². The summed E-state index contributed by atoms with van der Waals surface area (Å²) in [6, 6.07) is 11.2. The van der Waals surface area contributed by atoms with Crippen molar-refractivity contribution in [3.05, 3.63) is 58.7 Å². The second kappa shape index (κ2) is 6.00. The zero-order chi connectivity index (χ0) is 15.6. The summed E-state index contributed by atoms with van der Waals surface area (Å²) in [4.78, 5) is 11.3. The molecule has 3 nitrogen and oxygen atoms in total. The van der Waals surface area contributed by atoms with Gasteiger partial charge in [-0.05, 0) is 49.1 Å². The first kappa shape index (κ1) is 15.1. The van der Waals surface area contributed by atoms with Crippen LogP contribution >= 0.6 is 0 Å². The van der Waals surface area contributed by atoms with E-state index in [-0.39, 0.29) is 5.56 Å². The van der Waals surface area contributed by atoms with Crippen LogP contribution in [-0.4, -0.2) is 11.1 Å². The molecule has 0 unspecified atom stereocenters. The molecular formula is C18H20O3. The van der Waals surface area contributed by atoms with Crippen molar-refractivity contribution in [1.29, 1.82) is 0 Å². The first-order chi connectivity index (χ1) is 9.88. The third-order valence-corrected chi connectivity index (χ3v) is 3.46. The molecule has 0 amide bonds. The number of rotatable bonds is 4. The molecule has 0 atom stereocenters. The Hall–Kier alpha value is -2.29. The molecule has 0 spiro atoms. The van der Waals surface area contributed by atoms with Gasteiger partial charge in [0.2, 0.25) is 0 Å². The quantitative estimate of drug-likeness (QED) is 0.867. The average molecular weight is 284 g/mol. The minimum atomic E-state index is -0.980. The number of hydrogen-bond acceptors (Lipinski definition) is 2. The van der Waals surface area contributed by atoms with Crippen LogP contribution in [0.2, 0.25) is 0 Å². The summed E-state index contributed by atoms with van der Waals surface area (Å²) in [5, 5.41) is 9.30. The number of ether oxygens (including phenoxy) is 1. The zero-order valence-electron chi connectivity index (χ0n) is 12.8. The average Bonchev–Trinajstić information content (AvgIpc) is 2.42. The highest BCUT2D eigenvalue weighted by molar-refractivity contribution is 5.91. The predicted octanol–water partition coefficient (Wildman–Crippen LogP) is 4.92. The van der Waals surface area contributed by atoms with Crippen molar-refractivity contribution in [3.8, 4) is 11.5 Å². The third-order valence-electron chi connectivity index (χ3n) is 3.46. The van der Waals surface area contributed by atoms with Crippen molar-refractivity contribution in [2.75, 3.05) is 0 Å². The van der Waals surface area contributed by atoms with E-state index in [1.807, 2.05) is 32.0 Å². The standard InChI is InChI=1S/C18H20O3/c1-11(2)14-7-6-13(4)17(10-14)21-16-8-5-12(3)9-15(16)18(19)20/h5-11H,1-4H3,(H,19,20). The number of aromatic carboxylic acids is 1. The van der Waals surface area contributed by atoms with Gasteiger partial charge in [0.15, 0.2) is 0 Å². The molecule has 21 heavy (non-hydrogen) atoms. The van der Waals surface area contributed by atoms with Crippen LogP contribution in [-0.2, 0) is 0 Å². The minimum Gasteiger partial charge on any atom is -0.478 e. The molecule has 110 valence electrons. The van der Waals surface area contributed by atoms with E-state index in [1.165, 1.54) is 5.56 Å². The topological polar surface area (TPSA) is 46.5 Å². The first-order valence-corrected chi connectivity index (χ1v) is 7.01. The van der Waals surface area contributed by atoms with E-state index in [9.17, 15) is 9.90 Å². The van der Waals surface area contributed by atoms with E-state index in [0.29, 0.717) is 17.4 Å². The molecule has 0 aliphatic rings. The van der Waals surface area contributed by atoms with E-state index in [2.05, 4.69) is 19.9 Å². The van der Waals surface area contributed by atoms with E-state index in [4.69, 9.17) is 4.74 Å². The predicted molar refractivity (Wildman–Crippen MR) is 83.5 cm³/mol. The van der Waals surface area contributed by atoms with Crippen molar-refractivity contribution in [1.82, 2.24) is 0 Å². The molecule has 2 aromatic rings. The van der Waals surface area contributed by atoms with Crippen LogP contribution in [0.25, 0.3) is 0 Å². The van der Waals surface area contributed by atoms with Gasteiger partial charge in [0.25, 0.3) is 0 Å². The van der Waals surface area contributed by atoms with Gasteiger partial charge in [-0.1, -0.05) is 37.6 Å². The molecule has 0 fully saturated rings. The SMILES string of the molecule is Cc1ccc(Oc2cc(C(C)C)ccc2C)c(C(=O)O)c1. The summed E-state index contributed by atoms with van der Waals surface area (Å²) in [6.07, 6.45) is 0. The van der Waals surface area contributed by atoms with Gasteiger partial charge < -0.3 is 9.84 Å². The van der Waals surface area contributed by atoms with Crippen LogP contribution in [0.15, 0.2) is 36.4 Å². The van der Waals surface area contributed by atoms with Crippen molar-refractivity contribution < 1.29 is 14.6 Å². The van der Waals surface area contributed by atoms with Gasteiger partial charge in [0.1, 0.15) is 17.1 Å². The number of carboxylic acid groups (broad SMARTS) is 1. The highest BCUT2D eigenvalue weighted by Crippen LogP contribution is 2.31. The Labute approximate surface area is 125 Å². The summed E-state index contributed by atoms with van der Waals surface area (Å²) in [5.74, 6) is 0.487. The van der Waals surface area contributed by atoms with E-state index >= 15 is 0 Å². The number of aryl methyl sites for hydroxylation is 2. The Bertz CT molecular complexity index is 672. The second-order valence-corrected chi connectivity index (χ2v) is 5.59. The Morgan fingerprint density at radius 3 is 2.38 bits per heavy atom. The van der Waals surface area contributed by atoms with Gasteiger partial charge >= 0.3 is 5.97 Å². The van der Waals surface area contributed by atoms with Crippen LogP contribution < -0.4 is 4.74 Å². The lowest BCUT2D eigenvalue weighted by Gasteiger charge is -2.14. The largest absolute Gasteiger partial charge is 0.478 e. The smallest absolute Gasteiger partial charge is 0.339 e. The van der Waals surface area contributed by atoms with Crippen LogP contribution in [0, 0.1) is 13.8 Å². The maximum Gasteiger partial charge on any atom is 0.339 e. The van der Waals surface area contributed by atoms with E-state index in [0.717, 1.165) is 11.1 Å². The van der Waals surface area contributed by atoms with Gasteiger partial charge in [-0.2, -0.15) is 0 Å². The maximum absolute atomic E-state index is 11.3. The zero-order valence-corrected chi connectivity index (χ0v) is 12.8. The fourth-order valence-corrected chi connectivity index (χ4v) is 2.10. The molecule has 0 radical (unpaired) electrons. The van der Waals surface area contributed by atoms with Gasteiger partial charge in [0, 0.05) is 0 Å². The Balaban J connectivity index is 2.43. The van der Waals surface area contributed by atoms with Crippen molar-refractivity contribution in [2.45, 2.75) is 33.6 Å². The third kappa shape index (κ3) is 3.43. The fraction of sp³-hybridized carbons (Fsp3) is 0.278. The molecule has 0 heterocycles. The lowest BCUT2D eigenvalue weighted by molar-refractivity contribution is 0.0694. The van der Waals surface area contributed by atoms with Crippen LogP contribution in [0.4, 0.5) is 0 Å². The molecule has 0 aliphatic heterocycles. The maximum atomic E-state index is 11.3. The lowest BCUT2D eigenvalue weighted by Crippen LogP contribution is -2.01. The molecule has 0 saturated heterocycles. The summed E-state index contributed by atoms with van der Waals surface area (Å²) >= 11 is 0.